The van der Waals surface area contributed by atoms with E-state index in [0.717, 1.165) is 22.4 Å². The summed E-state index contributed by atoms with van der Waals surface area (Å²) >= 11 is 0. The molecule has 1 atom stereocenters. The van der Waals surface area contributed by atoms with Gasteiger partial charge in [-0.3, -0.25) is 4.79 Å². The smallest absolute Gasteiger partial charge is 0.248 e. The van der Waals surface area contributed by atoms with Crippen LogP contribution >= 0.6 is 0 Å². The Morgan fingerprint density at radius 1 is 1.39 bits per heavy atom. The Labute approximate surface area is 108 Å². The van der Waals surface area contributed by atoms with Crippen LogP contribution in [0.4, 0.5) is 5.69 Å². The first-order valence-electron chi connectivity index (χ1n) is 6.32. The van der Waals surface area contributed by atoms with E-state index in [2.05, 4.69) is 6.07 Å². The Balaban J connectivity index is 2.32. The first-order valence-corrected chi connectivity index (χ1v) is 6.32. The van der Waals surface area contributed by atoms with Crippen LogP contribution in [-0.2, 0) is 9.53 Å². The lowest BCUT2D eigenvalue weighted by atomic mass is 10.0. The molecule has 18 heavy (non-hydrogen) atoms. The highest BCUT2D eigenvalue weighted by Gasteiger charge is 2.35. The van der Waals surface area contributed by atoms with Crippen molar-refractivity contribution in [3.63, 3.8) is 0 Å². The average molecular weight is 248 g/mol. The molecule has 1 aliphatic heterocycles. The molecule has 2 N–H and O–H groups in total. The number of benzene rings is 1. The van der Waals surface area contributed by atoms with Crippen molar-refractivity contribution in [2.24, 2.45) is 5.73 Å². The van der Waals surface area contributed by atoms with Gasteiger partial charge in [-0.2, -0.15) is 0 Å². The fourth-order valence-electron chi connectivity index (χ4n) is 2.53. The van der Waals surface area contributed by atoms with Gasteiger partial charge in [0.1, 0.15) is 6.04 Å². The Morgan fingerprint density at radius 3 is 2.78 bits per heavy atom. The molecule has 0 spiro atoms. The Bertz CT molecular complexity index is 471. The summed E-state index contributed by atoms with van der Waals surface area (Å²) in [4.78, 5) is 13.9. The number of nitrogens with two attached hydrogens (primary N) is 1. The summed E-state index contributed by atoms with van der Waals surface area (Å²) < 4.78 is 5.32. The van der Waals surface area contributed by atoms with E-state index in [1.165, 1.54) is 0 Å². The highest BCUT2D eigenvalue weighted by atomic mass is 16.5. The maximum atomic E-state index is 12.2. The molecule has 0 fully saturated rings. The van der Waals surface area contributed by atoms with Crippen LogP contribution in [0, 0.1) is 13.8 Å². The monoisotopic (exact) mass is 248 g/mol. The zero-order chi connectivity index (χ0) is 13.3. The van der Waals surface area contributed by atoms with Crippen LogP contribution in [0.2, 0.25) is 0 Å². The number of carbonyl (C=O) groups excluding carboxylic acids is 1. The molecule has 0 saturated carbocycles. The predicted molar refractivity (Wildman–Crippen MR) is 71.7 cm³/mol. The van der Waals surface area contributed by atoms with Crippen molar-refractivity contribution in [3.8, 4) is 0 Å². The zero-order valence-electron chi connectivity index (χ0n) is 11.2. The van der Waals surface area contributed by atoms with E-state index in [4.69, 9.17) is 10.5 Å². The van der Waals surface area contributed by atoms with Crippen molar-refractivity contribution < 1.29 is 9.53 Å². The fourth-order valence-corrected chi connectivity index (χ4v) is 2.53. The maximum absolute atomic E-state index is 12.2. The molecule has 1 heterocycles. The molecule has 2 rings (SSSR count). The fraction of sp³-hybridized carbons (Fsp3) is 0.500. The molecule has 0 saturated heterocycles. The van der Waals surface area contributed by atoms with Crippen molar-refractivity contribution in [2.75, 3.05) is 24.7 Å². The van der Waals surface area contributed by atoms with Gasteiger partial charge in [-0.25, -0.2) is 0 Å². The van der Waals surface area contributed by atoms with E-state index in [-0.39, 0.29) is 5.91 Å². The SMILES string of the molecule is CCOCCN1C(=O)C(N)c2cc(C)cc(C)c21. The molecule has 0 aromatic heterocycles. The third kappa shape index (κ3) is 2.13. The summed E-state index contributed by atoms with van der Waals surface area (Å²) in [6.07, 6.45) is 0. The maximum Gasteiger partial charge on any atom is 0.248 e. The van der Waals surface area contributed by atoms with Crippen LogP contribution in [0.1, 0.15) is 29.7 Å². The first kappa shape index (κ1) is 13.1. The van der Waals surface area contributed by atoms with E-state index in [1.54, 1.807) is 4.90 Å². The normalized spacial score (nSPS) is 18.3. The summed E-state index contributed by atoms with van der Waals surface area (Å²) in [5.41, 5.74) is 10.1. The molecule has 4 heteroatoms. The van der Waals surface area contributed by atoms with Crippen LogP contribution in [-0.4, -0.2) is 25.7 Å². The van der Waals surface area contributed by atoms with Gasteiger partial charge in [0.25, 0.3) is 0 Å². The highest BCUT2D eigenvalue weighted by molar-refractivity contribution is 6.05. The minimum Gasteiger partial charge on any atom is -0.380 e. The van der Waals surface area contributed by atoms with Gasteiger partial charge in [-0.05, 0) is 26.3 Å². The zero-order valence-corrected chi connectivity index (χ0v) is 11.2. The van der Waals surface area contributed by atoms with E-state index in [0.29, 0.717) is 19.8 Å². The minimum absolute atomic E-state index is 0.0293. The van der Waals surface area contributed by atoms with Gasteiger partial charge >= 0.3 is 0 Å². The lowest BCUT2D eigenvalue weighted by Crippen LogP contribution is -2.34. The standard InChI is InChI=1S/C14H20N2O2/c1-4-18-6-5-16-13-10(3)7-9(2)8-11(13)12(15)14(16)17/h7-8,12H,4-6,15H2,1-3H3. The summed E-state index contributed by atoms with van der Waals surface area (Å²) in [6.45, 7) is 7.76. The minimum atomic E-state index is -0.528. The van der Waals surface area contributed by atoms with E-state index >= 15 is 0 Å². The van der Waals surface area contributed by atoms with Gasteiger partial charge in [-0.15, -0.1) is 0 Å². The molecule has 1 aliphatic rings. The Morgan fingerprint density at radius 2 is 2.11 bits per heavy atom. The predicted octanol–water partition coefficient (Wildman–Crippen LogP) is 1.69. The number of aryl methyl sites for hydroxylation is 2. The first-order chi connectivity index (χ1) is 8.56. The lowest BCUT2D eigenvalue weighted by molar-refractivity contribution is -0.119. The van der Waals surface area contributed by atoms with Crippen LogP contribution in [0.25, 0.3) is 0 Å². The molecule has 0 bridgehead atoms. The molecular weight excluding hydrogens is 228 g/mol. The Hall–Kier alpha value is -1.39. The summed E-state index contributed by atoms with van der Waals surface area (Å²) in [5.74, 6) is -0.0293. The number of rotatable bonds is 4. The number of anilines is 1. The van der Waals surface area contributed by atoms with Crippen molar-refractivity contribution in [3.05, 3.63) is 28.8 Å². The van der Waals surface area contributed by atoms with Gasteiger partial charge in [0.15, 0.2) is 0 Å². The van der Waals surface area contributed by atoms with E-state index in [9.17, 15) is 4.79 Å². The number of fused-ring (bicyclic) bond motifs is 1. The largest absolute Gasteiger partial charge is 0.380 e. The number of hydrogen-bond donors (Lipinski definition) is 1. The molecule has 98 valence electrons. The van der Waals surface area contributed by atoms with E-state index in [1.807, 2.05) is 26.8 Å². The molecule has 0 aliphatic carbocycles. The van der Waals surface area contributed by atoms with Crippen molar-refractivity contribution >= 4 is 11.6 Å². The summed E-state index contributed by atoms with van der Waals surface area (Å²) in [5, 5.41) is 0. The number of hydrogen-bond acceptors (Lipinski definition) is 3. The average Bonchev–Trinajstić information content (AvgIpc) is 2.55. The van der Waals surface area contributed by atoms with Gasteiger partial charge in [0.05, 0.1) is 12.3 Å². The van der Waals surface area contributed by atoms with Crippen LogP contribution in [0.5, 0.6) is 0 Å². The number of carbonyl (C=O) groups is 1. The Kier molecular flexibility index (Phi) is 3.68. The van der Waals surface area contributed by atoms with E-state index < -0.39 is 6.04 Å². The van der Waals surface area contributed by atoms with Crippen molar-refractivity contribution in [1.82, 2.24) is 0 Å². The summed E-state index contributed by atoms with van der Waals surface area (Å²) in [7, 11) is 0. The van der Waals surface area contributed by atoms with Gasteiger partial charge < -0.3 is 15.4 Å². The van der Waals surface area contributed by atoms with Crippen molar-refractivity contribution in [1.29, 1.82) is 0 Å². The topological polar surface area (TPSA) is 55.6 Å². The molecule has 1 amide bonds. The van der Waals surface area contributed by atoms with Gasteiger partial charge in [0.2, 0.25) is 5.91 Å². The molecule has 1 unspecified atom stereocenters. The number of nitrogens with zero attached hydrogens (tertiary/aromatic N) is 1. The summed E-state index contributed by atoms with van der Waals surface area (Å²) in [6, 6.07) is 3.56. The molecule has 1 aromatic carbocycles. The highest BCUT2D eigenvalue weighted by Crippen LogP contribution is 2.37. The molecule has 1 aromatic rings. The van der Waals surface area contributed by atoms with Crippen molar-refractivity contribution in [2.45, 2.75) is 26.8 Å². The number of amides is 1. The third-order valence-corrected chi connectivity index (χ3v) is 3.27. The second-order valence-electron chi connectivity index (χ2n) is 4.68. The molecule has 4 nitrogen and oxygen atoms in total. The lowest BCUT2D eigenvalue weighted by Gasteiger charge is -2.19. The van der Waals surface area contributed by atoms with Gasteiger partial charge in [-0.1, -0.05) is 17.7 Å². The molecule has 0 radical (unpaired) electrons. The second kappa shape index (κ2) is 5.08. The number of ether oxygens (including phenoxy) is 1. The second-order valence-corrected chi connectivity index (χ2v) is 4.68. The molecular formula is C14H20N2O2. The quantitative estimate of drug-likeness (QED) is 0.825. The van der Waals surface area contributed by atoms with Crippen LogP contribution in [0.3, 0.4) is 0 Å². The van der Waals surface area contributed by atoms with Crippen LogP contribution in [0.15, 0.2) is 12.1 Å². The van der Waals surface area contributed by atoms with Crippen LogP contribution < -0.4 is 10.6 Å². The third-order valence-electron chi connectivity index (χ3n) is 3.27. The van der Waals surface area contributed by atoms with Gasteiger partial charge in [0, 0.05) is 18.7 Å².